The molecule has 1 N–H and O–H groups in total. The third kappa shape index (κ3) is 3.77. The van der Waals surface area contributed by atoms with Crippen LogP contribution in [0, 0.1) is 0 Å². The monoisotopic (exact) mass is 340 g/mol. The van der Waals surface area contributed by atoms with Gasteiger partial charge in [0.15, 0.2) is 11.5 Å². The minimum Gasteiger partial charge on any atom is -0.493 e. The van der Waals surface area contributed by atoms with E-state index in [0.717, 1.165) is 30.2 Å². The normalized spacial score (nSPS) is 16.8. The third-order valence-electron chi connectivity index (χ3n) is 4.72. The molecule has 0 radical (unpaired) electrons. The highest BCUT2D eigenvalue weighted by Gasteiger charge is 2.27. The van der Waals surface area contributed by atoms with Crippen LogP contribution in [0.4, 0.5) is 5.69 Å². The van der Waals surface area contributed by atoms with Crippen LogP contribution < -0.4 is 14.8 Å². The van der Waals surface area contributed by atoms with Gasteiger partial charge < -0.3 is 14.8 Å². The van der Waals surface area contributed by atoms with Crippen molar-refractivity contribution >= 4 is 11.6 Å². The first-order valence-corrected chi connectivity index (χ1v) is 8.46. The van der Waals surface area contributed by atoms with E-state index >= 15 is 0 Å². The SMILES string of the molecule is COc1cc2c(cc1OC)C(C)N(CC(=O)Nc1ccccc1)CC2. The first kappa shape index (κ1) is 17.3. The predicted molar refractivity (Wildman–Crippen MR) is 98.3 cm³/mol. The van der Waals surface area contributed by atoms with Crippen LogP contribution >= 0.6 is 0 Å². The first-order chi connectivity index (χ1) is 12.1. The van der Waals surface area contributed by atoms with Gasteiger partial charge in [0, 0.05) is 18.3 Å². The minimum atomic E-state index is 0.00183. The summed E-state index contributed by atoms with van der Waals surface area (Å²) in [4.78, 5) is 14.6. The minimum absolute atomic E-state index is 0.00183. The van der Waals surface area contributed by atoms with E-state index in [1.807, 2.05) is 42.5 Å². The predicted octanol–water partition coefficient (Wildman–Crippen LogP) is 3.26. The van der Waals surface area contributed by atoms with Gasteiger partial charge >= 0.3 is 0 Å². The van der Waals surface area contributed by atoms with Gasteiger partial charge in [0.1, 0.15) is 0 Å². The van der Waals surface area contributed by atoms with E-state index in [4.69, 9.17) is 9.47 Å². The number of hydrogen-bond donors (Lipinski definition) is 1. The number of benzene rings is 2. The van der Waals surface area contributed by atoms with Crippen LogP contribution in [0.2, 0.25) is 0 Å². The number of nitrogens with zero attached hydrogens (tertiary/aromatic N) is 1. The lowest BCUT2D eigenvalue weighted by molar-refractivity contribution is -0.117. The lowest BCUT2D eigenvalue weighted by Gasteiger charge is -2.35. The molecule has 0 saturated heterocycles. The van der Waals surface area contributed by atoms with Gasteiger partial charge in [-0.05, 0) is 48.7 Å². The zero-order valence-electron chi connectivity index (χ0n) is 14.9. The topological polar surface area (TPSA) is 50.8 Å². The number of amides is 1. The van der Waals surface area contributed by atoms with Crippen LogP contribution in [0.5, 0.6) is 11.5 Å². The van der Waals surface area contributed by atoms with Crippen molar-refractivity contribution in [1.82, 2.24) is 4.90 Å². The maximum atomic E-state index is 12.4. The molecule has 132 valence electrons. The molecule has 1 atom stereocenters. The molecule has 0 fully saturated rings. The van der Waals surface area contributed by atoms with Gasteiger partial charge in [0.05, 0.1) is 20.8 Å². The van der Waals surface area contributed by atoms with Crippen LogP contribution in [0.15, 0.2) is 42.5 Å². The Bertz CT molecular complexity index is 746. The number of nitrogens with one attached hydrogen (secondary N) is 1. The number of methoxy groups -OCH3 is 2. The van der Waals surface area contributed by atoms with E-state index < -0.39 is 0 Å². The fourth-order valence-electron chi connectivity index (χ4n) is 3.32. The average molecular weight is 340 g/mol. The smallest absolute Gasteiger partial charge is 0.238 e. The molecule has 1 unspecified atom stereocenters. The molecule has 5 nitrogen and oxygen atoms in total. The van der Waals surface area contributed by atoms with Gasteiger partial charge in [0.25, 0.3) is 0 Å². The van der Waals surface area contributed by atoms with Gasteiger partial charge in [-0.15, -0.1) is 0 Å². The summed E-state index contributed by atoms with van der Waals surface area (Å²) in [7, 11) is 3.29. The number of hydrogen-bond acceptors (Lipinski definition) is 4. The van der Waals surface area contributed by atoms with Crippen molar-refractivity contribution in [3.63, 3.8) is 0 Å². The molecule has 1 heterocycles. The van der Waals surface area contributed by atoms with Gasteiger partial charge in [-0.3, -0.25) is 9.69 Å². The Hall–Kier alpha value is -2.53. The molecule has 1 aliphatic rings. The molecule has 0 bridgehead atoms. The summed E-state index contributed by atoms with van der Waals surface area (Å²) < 4.78 is 10.8. The molecule has 1 amide bonds. The quantitative estimate of drug-likeness (QED) is 0.908. The van der Waals surface area contributed by atoms with E-state index in [2.05, 4.69) is 17.1 Å². The number of rotatable bonds is 5. The van der Waals surface area contributed by atoms with Crippen molar-refractivity contribution in [2.45, 2.75) is 19.4 Å². The highest BCUT2D eigenvalue weighted by atomic mass is 16.5. The number of ether oxygens (including phenoxy) is 2. The van der Waals surface area contributed by atoms with E-state index in [-0.39, 0.29) is 11.9 Å². The van der Waals surface area contributed by atoms with Gasteiger partial charge in [-0.2, -0.15) is 0 Å². The molecule has 3 rings (SSSR count). The molecule has 0 aliphatic carbocycles. The summed E-state index contributed by atoms with van der Waals surface area (Å²) in [5.74, 6) is 1.48. The van der Waals surface area contributed by atoms with Crippen LogP contribution in [0.1, 0.15) is 24.1 Å². The zero-order chi connectivity index (χ0) is 17.8. The van der Waals surface area contributed by atoms with E-state index in [1.165, 1.54) is 11.1 Å². The third-order valence-corrected chi connectivity index (χ3v) is 4.72. The van der Waals surface area contributed by atoms with E-state index in [0.29, 0.717) is 6.54 Å². The number of fused-ring (bicyclic) bond motifs is 1. The lowest BCUT2D eigenvalue weighted by Crippen LogP contribution is -2.39. The summed E-state index contributed by atoms with van der Waals surface area (Å²) >= 11 is 0. The average Bonchev–Trinajstić information content (AvgIpc) is 2.64. The Balaban J connectivity index is 1.72. The second kappa shape index (κ2) is 7.57. The number of para-hydroxylation sites is 1. The lowest BCUT2D eigenvalue weighted by atomic mass is 9.93. The van der Waals surface area contributed by atoms with Crippen LogP contribution in [-0.4, -0.2) is 38.1 Å². The van der Waals surface area contributed by atoms with Crippen molar-refractivity contribution in [3.8, 4) is 11.5 Å². The molecular weight excluding hydrogens is 316 g/mol. The fourth-order valence-corrected chi connectivity index (χ4v) is 3.32. The second-order valence-corrected chi connectivity index (χ2v) is 6.22. The molecule has 5 heteroatoms. The first-order valence-electron chi connectivity index (χ1n) is 8.46. The van der Waals surface area contributed by atoms with Crippen LogP contribution in [0.3, 0.4) is 0 Å². The summed E-state index contributed by atoms with van der Waals surface area (Å²) in [6.45, 7) is 3.33. The van der Waals surface area contributed by atoms with Crippen LogP contribution in [0.25, 0.3) is 0 Å². The van der Waals surface area contributed by atoms with Crippen molar-refractivity contribution in [2.75, 3.05) is 32.6 Å². The molecule has 0 aromatic heterocycles. The maximum absolute atomic E-state index is 12.4. The Labute approximate surface area is 148 Å². The standard InChI is InChI=1S/C20H24N2O3/c1-14-17-12-19(25-3)18(24-2)11-15(17)9-10-22(14)13-20(23)21-16-7-5-4-6-8-16/h4-8,11-12,14H,9-10,13H2,1-3H3,(H,21,23). The summed E-state index contributed by atoms with van der Waals surface area (Å²) in [5, 5.41) is 2.95. The Kier molecular flexibility index (Phi) is 5.24. The largest absolute Gasteiger partial charge is 0.493 e. The van der Waals surface area contributed by atoms with Gasteiger partial charge in [-0.1, -0.05) is 18.2 Å². The molecule has 0 saturated carbocycles. The Morgan fingerprint density at radius 1 is 1.16 bits per heavy atom. The highest BCUT2D eigenvalue weighted by Crippen LogP contribution is 2.37. The molecule has 2 aromatic rings. The number of carbonyl (C=O) groups excluding carboxylic acids is 1. The summed E-state index contributed by atoms with van der Waals surface area (Å²) in [6.07, 6.45) is 0.888. The maximum Gasteiger partial charge on any atom is 0.238 e. The van der Waals surface area contributed by atoms with Crippen molar-refractivity contribution in [3.05, 3.63) is 53.6 Å². The fraction of sp³-hybridized carbons (Fsp3) is 0.350. The van der Waals surface area contributed by atoms with E-state index in [9.17, 15) is 4.79 Å². The number of anilines is 1. The second-order valence-electron chi connectivity index (χ2n) is 6.22. The van der Waals surface area contributed by atoms with Crippen molar-refractivity contribution in [1.29, 1.82) is 0 Å². The highest BCUT2D eigenvalue weighted by molar-refractivity contribution is 5.92. The number of carbonyl (C=O) groups is 1. The van der Waals surface area contributed by atoms with Gasteiger partial charge in [0.2, 0.25) is 5.91 Å². The Morgan fingerprint density at radius 2 is 1.84 bits per heavy atom. The van der Waals surface area contributed by atoms with E-state index in [1.54, 1.807) is 14.2 Å². The molecule has 1 aliphatic heterocycles. The molecular formula is C20H24N2O3. The van der Waals surface area contributed by atoms with Crippen LogP contribution in [-0.2, 0) is 11.2 Å². The van der Waals surface area contributed by atoms with Gasteiger partial charge in [-0.25, -0.2) is 0 Å². The molecule has 2 aromatic carbocycles. The summed E-state index contributed by atoms with van der Waals surface area (Å²) in [6, 6.07) is 13.8. The zero-order valence-corrected chi connectivity index (χ0v) is 14.9. The van der Waals surface area contributed by atoms with Crippen molar-refractivity contribution < 1.29 is 14.3 Å². The molecule has 0 spiro atoms. The Morgan fingerprint density at radius 3 is 2.52 bits per heavy atom. The molecule has 25 heavy (non-hydrogen) atoms. The summed E-state index contributed by atoms with van der Waals surface area (Å²) in [5.41, 5.74) is 3.27. The van der Waals surface area contributed by atoms with Crippen molar-refractivity contribution in [2.24, 2.45) is 0 Å².